The SMILES string of the molecule is Cc1ccc(NC(N)=NCc2ccccc2-c2ccc(Cn3ccnc3)cc2)cc1. The highest BCUT2D eigenvalue weighted by Gasteiger charge is 2.05. The predicted molar refractivity (Wildman–Crippen MR) is 123 cm³/mol. The van der Waals surface area contributed by atoms with Crippen LogP contribution in [0.3, 0.4) is 0 Å². The van der Waals surface area contributed by atoms with Gasteiger partial charge in [0, 0.05) is 24.6 Å². The van der Waals surface area contributed by atoms with Crippen LogP contribution in [-0.4, -0.2) is 15.5 Å². The van der Waals surface area contributed by atoms with Crippen LogP contribution >= 0.6 is 0 Å². The first-order valence-electron chi connectivity index (χ1n) is 9.94. The molecule has 0 saturated carbocycles. The first-order valence-corrected chi connectivity index (χ1v) is 9.94. The number of aryl methyl sites for hydroxylation is 1. The Balaban J connectivity index is 1.47. The van der Waals surface area contributed by atoms with Gasteiger partial charge in [0.1, 0.15) is 0 Å². The number of nitrogens with one attached hydrogen (secondary N) is 1. The van der Waals surface area contributed by atoms with E-state index in [-0.39, 0.29) is 0 Å². The Labute approximate surface area is 176 Å². The number of aromatic nitrogens is 2. The van der Waals surface area contributed by atoms with E-state index in [0.29, 0.717) is 12.5 Å². The average molecular weight is 396 g/mol. The van der Waals surface area contributed by atoms with E-state index < -0.39 is 0 Å². The fourth-order valence-corrected chi connectivity index (χ4v) is 3.32. The fourth-order valence-electron chi connectivity index (χ4n) is 3.32. The van der Waals surface area contributed by atoms with Crippen molar-refractivity contribution < 1.29 is 0 Å². The van der Waals surface area contributed by atoms with Gasteiger partial charge in [0.25, 0.3) is 0 Å². The lowest BCUT2D eigenvalue weighted by Crippen LogP contribution is -2.22. The van der Waals surface area contributed by atoms with Crippen LogP contribution in [0.1, 0.15) is 16.7 Å². The summed E-state index contributed by atoms with van der Waals surface area (Å²) in [5.41, 5.74) is 12.9. The highest BCUT2D eigenvalue weighted by atomic mass is 15.1. The van der Waals surface area contributed by atoms with Gasteiger partial charge in [-0.25, -0.2) is 9.98 Å². The maximum atomic E-state index is 6.10. The van der Waals surface area contributed by atoms with Gasteiger partial charge in [-0.1, -0.05) is 66.2 Å². The molecule has 0 unspecified atom stereocenters. The zero-order valence-electron chi connectivity index (χ0n) is 17.0. The molecule has 0 fully saturated rings. The molecule has 0 atom stereocenters. The Morgan fingerprint density at radius 2 is 1.77 bits per heavy atom. The quantitative estimate of drug-likeness (QED) is 0.363. The molecule has 0 radical (unpaired) electrons. The van der Waals surface area contributed by atoms with Gasteiger partial charge in [-0.05, 0) is 41.3 Å². The van der Waals surface area contributed by atoms with Crippen LogP contribution in [0.15, 0.2) is 96.5 Å². The fraction of sp³-hybridized carbons (Fsp3) is 0.120. The van der Waals surface area contributed by atoms with Crippen molar-refractivity contribution in [1.82, 2.24) is 9.55 Å². The minimum atomic E-state index is 0.407. The molecular formula is C25H25N5. The maximum absolute atomic E-state index is 6.10. The molecule has 0 saturated heterocycles. The van der Waals surface area contributed by atoms with Gasteiger partial charge in [0.05, 0.1) is 12.9 Å². The van der Waals surface area contributed by atoms with Gasteiger partial charge >= 0.3 is 0 Å². The van der Waals surface area contributed by atoms with E-state index in [9.17, 15) is 0 Å². The Hall–Kier alpha value is -3.86. The third kappa shape index (κ3) is 4.94. The van der Waals surface area contributed by atoms with Crippen LogP contribution in [0, 0.1) is 6.92 Å². The number of guanidine groups is 1. The monoisotopic (exact) mass is 395 g/mol. The summed E-state index contributed by atoms with van der Waals surface area (Å²) in [6.07, 6.45) is 5.59. The first kappa shape index (κ1) is 19.5. The summed E-state index contributed by atoms with van der Waals surface area (Å²) in [7, 11) is 0. The number of imidazole rings is 1. The molecule has 0 bridgehead atoms. The molecule has 0 aliphatic rings. The molecule has 0 amide bonds. The van der Waals surface area contributed by atoms with Crippen LogP contribution in [0.2, 0.25) is 0 Å². The highest BCUT2D eigenvalue weighted by Crippen LogP contribution is 2.25. The summed E-state index contributed by atoms with van der Waals surface area (Å²) >= 11 is 0. The molecule has 5 nitrogen and oxygen atoms in total. The number of hydrogen-bond donors (Lipinski definition) is 2. The van der Waals surface area contributed by atoms with Gasteiger partial charge in [-0.3, -0.25) is 0 Å². The Morgan fingerprint density at radius 3 is 2.50 bits per heavy atom. The number of nitrogens with two attached hydrogens (primary N) is 1. The second-order valence-corrected chi connectivity index (χ2v) is 7.28. The molecule has 4 rings (SSSR count). The third-order valence-electron chi connectivity index (χ3n) is 4.95. The molecule has 0 aliphatic carbocycles. The second-order valence-electron chi connectivity index (χ2n) is 7.28. The van der Waals surface area contributed by atoms with Crippen LogP contribution in [0.5, 0.6) is 0 Å². The Kier molecular flexibility index (Phi) is 5.90. The van der Waals surface area contributed by atoms with E-state index in [1.165, 1.54) is 22.3 Å². The Morgan fingerprint density at radius 1 is 1.00 bits per heavy atom. The maximum Gasteiger partial charge on any atom is 0.193 e. The average Bonchev–Trinajstić information content (AvgIpc) is 3.28. The number of rotatable bonds is 6. The number of nitrogens with zero attached hydrogens (tertiary/aromatic N) is 3. The van der Waals surface area contributed by atoms with Gasteiger partial charge in [0.15, 0.2) is 5.96 Å². The summed E-state index contributed by atoms with van der Waals surface area (Å²) in [5.74, 6) is 0.407. The molecule has 30 heavy (non-hydrogen) atoms. The van der Waals surface area contributed by atoms with Crippen LogP contribution in [0.4, 0.5) is 5.69 Å². The largest absolute Gasteiger partial charge is 0.370 e. The van der Waals surface area contributed by atoms with E-state index in [4.69, 9.17) is 5.73 Å². The lowest BCUT2D eigenvalue weighted by molar-refractivity contribution is 0.797. The molecule has 0 spiro atoms. The van der Waals surface area contributed by atoms with Crippen molar-refractivity contribution in [1.29, 1.82) is 0 Å². The van der Waals surface area contributed by atoms with E-state index in [1.807, 2.05) is 42.9 Å². The Bertz CT molecular complexity index is 1110. The minimum absolute atomic E-state index is 0.407. The molecule has 1 aromatic heterocycles. The minimum Gasteiger partial charge on any atom is -0.370 e. The highest BCUT2D eigenvalue weighted by molar-refractivity contribution is 5.92. The number of benzene rings is 3. The smallest absolute Gasteiger partial charge is 0.193 e. The second kappa shape index (κ2) is 9.09. The number of hydrogen-bond acceptors (Lipinski definition) is 2. The summed E-state index contributed by atoms with van der Waals surface area (Å²) < 4.78 is 2.06. The van der Waals surface area contributed by atoms with Gasteiger partial charge in [-0.2, -0.15) is 0 Å². The van der Waals surface area contributed by atoms with Crippen molar-refractivity contribution >= 4 is 11.6 Å². The van der Waals surface area contributed by atoms with Crippen LogP contribution < -0.4 is 11.1 Å². The van der Waals surface area contributed by atoms with Gasteiger partial charge < -0.3 is 15.6 Å². The van der Waals surface area contributed by atoms with Crippen LogP contribution in [0.25, 0.3) is 11.1 Å². The lowest BCUT2D eigenvalue weighted by atomic mass is 9.98. The van der Waals surface area contributed by atoms with E-state index in [0.717, 1.165) is 17.8 Å². The van der Waals surface area contributed by atoms with Crippen LogP contribution in [-0.2, 0) is 13.1 Å². The molecule has 3 N–H and O–H groups in total. The third-order valence-corrected chi connectivity index (χ3v) is 4.95. The first-order chi connectivity index (χ1) is 14.7. The molecular weight excluding hydrogens is 370 g/mol. The summed E-state index contributed by atoms with van der Waals surface area (Å²) in [4.78, 5) is 8.63. The van der Waals surface area contributed by atoms with Gasteiger partial charge in [-0.15, -0.1) is 0 Å². The normalized spacial score (nSPS) is 11.4. The van der Waals surface area contributed by atoms with Crippen molar-refractivity contribution in [3.05, 3.63) is 108 Å². The standard InChI is InChI=1S/C25H25N5/c1-19-6-12-23(13-7-19)29-25(26)28-16-22-4-2-3-5-24(22)21-10-8-20(9-11-21)17-30-15-14-27-18-30/h2-15,18H,16-17H2,1H3,(H3,26,28,29). The van der Waals surface area contributed by atoms with Crippen molar-refractivity contribution in [3.63, 3.8) is 0 Å². The molecule has 3 aromatic carbocycles. The summed E-state index contributed by atoms with van der Waals surface area (Å²) in [6, 6.07) is 25.0. The molecule has 1 heterocycles. The van der Waals surface area contributed by atoms with E-state index in [2.05, 4.69) is 69.2 Å². The van der Waals surface area contributed by atoms with E-state index >= 15 is 0 Å². The molecule has 5 heteroatoms. The molecule has 4 aromatic rings. The zero-order chi connectivity index (χ0) is 20.8. The predicted octanol–water partition coefficient (Wildman–Crippen LogP) is 4.83. The van der Waals surface area contributed by atoms with Crippen molar-refractivity contribution in [3.8, 4) is 11.1 Å². The number of aliphatic imine (C=N–C) groups is 1. The topological polar surface area (TPSA) is 68.2 Å². The van der Waals surface area contributed by atoms with Crippen molar-refractivity contribution in [2.75, 3.05) is 5.32 Å². The molecule has 0 aliphatic heterocycles. The summed E-state index contributed by atoms with van der Waals surface area (Å²) in [5, 5.41) is 3.15. The van der Waals surface area contributed by atoms with Gasteiger partial charge in [0.2, 0.25) is 0 Å². The van der Waals surface area contributed by atoms with Crippen molar-refractivity contribution in [2.45, 2.75) is 20.0 Å². The lowest BCUT2D eigenvalue weighted by Gasteiger charge is -2.10. The molecule has 150 valence electrons. The summed E-state index contributed by atoms with van der Waals surface area (Å²) in [6.45, 7) is 3.38. The zero-order valence-corrected chi connectivity index (χ0v) is 17.0. The van der Waals surface area contributed by atoms with E-state index in [1.54, 1.807) is 6.20 Å². The van der Waals surface area contributed by atoms with Crippen molar-refractivity contribution in [2.24, 2.45) is 10.7 Å². The number of anilines is 1.